The summed E-state index contributed by atoms with van der Waals surface area (Å²) in [6.45, 7) is 0. The van der Waals surface area contributed by atoms with Crippen molar-refractivity contribution in [3.8, 4) is 22.5 Å². The van der Waals surface area contributed by atoms with Crippen LogP contribution in [0, 0.1) is 26.8 Å². The first-order valence-corrected chi connectivity index (χ1v) is 7.46. The number of rotatable bonds is 2. The molecule has 0 aliphatic heterocycles. The van der Waals surface area contributed by atoms with E-state index in [1.165, 1.54) is 12.1 Å². The second-order valence-corrected chi connectivity index (χ2v) is 5.92. The topological polar surface area (TPSA) is 25.8 Å². The van der Waals surface area contributed by atoms with Gasteiger partial charge in [0.15, 0.2) is 23.3 Å². The maximum Gasteiger partial charge on any atom is 0.194 e. The molecule has 0 amide bonds. The van der Waals surface area contributed by atoms with E-state index < -0.39 is 23.3 Å². The third-order valence-electron chi connectivity index (χ3n) is 3.14. The molecular weight excluding hydrogens is 423 g/mol. The predicted octanol–water partition coefficient (Wildman–Crippen LogP) is 4.97. The molecule has 0 atom stereocenters. The van der Waals surface area contributed by atoms with Gasteiger partial charge in [0.25, 0.3) is 0 Å². The van der Waals surface area contributed by atoms with Crippen LogP contribution in [0.5, 0.6) is 0 Å². The SMILES string of the molecule is Fc1cc(-c2ncc(I)cn2)ccc1-c1cc(F)c(F)c(F)c1. The highest BCUT2D eigenvalue weighted by molar-refractivity contribution is 14.1. The smallest absolute Gasteiger partial charge is 0.194 e. The van der Waals surface area contributed by atoms with Crippen LogP contribution in [0.1, 0.15) is 0 Å². The van der Waals surface area contributed by atoms with E-state index in [0.717, 1.165) is 21.8 Å². The largest absolute Gasteiger partial charge is 0.235 e. The van der Waals surface area contributed by atoms with E-state index in [9.17, 15) is 17.6 Å². The molecule has 0 saturated heterocycles. The molecule has 0 fully saturated rings. The molecule has 3 rings (SSSR count). The van der Waals surface area contributed by atoms with Gasteiger partial charge in [-0.15, -0.1) is 0 Å². The Bertz CT molecular complexity index is 859. The lowest BCUT2D eigenvalue weighted by Crippen LogP contribution is -1.95. The van der Waals surface area contributed by atoms with Crippen LogP contribution in [-0.4, -0.2) is 9.97 Å². The number of hydrogen-bond donors (Lipinski definition) is 0. The maximum atomic E-state index is 14.3. The summed E-state index contributed by atoms with van der Waals surface area (Å²) in [5.41, 5.74) is 0.289. The van der Waals surface area contributed by atoms with Gasteiger partial charge in [-0.1, -0.05) is 12.1 Å². The lowest BCUT2D eigenvalue weighted by Gasteiger charge is -2.07. The fraction of sp³-hybridized carbons (Fsp3) is 0. The van der Waals surface area contributed by atoms with Crippen molar-refractivity contribution < 1.29 is 17.6 Å². The van der Waals surface area contributed by atoms with E-state index in [-0.39, 0.29) is 11.1 Å². The summed E-state index contributed by atoms with van der Waals surface area (Å²) in [6.07, 6.45) is 3.17. The molecule has 0 aliphatic rings. The number of nitrogens with zero attached hydrogens (tertiary/aromatic N) is 2. The quantitative estimate of drug-likeness (QED) is 0.326. The maximum absolute atomic E-state index is 14.3. The minimum Gasteiger partial charge on any atom is -0.235 e. The van der Waals surface area contributed by atoms with Crippen molar-refractivity contribution in [2.24, 2.45) is 0 Å². The molecule has 1 aromatic heterocycles. The van der Waals surface area contributed by atoms with E-state index in [1.807, 2.05) is 22.6 Å². The van der Waals surface area contributed by atoms with E-state index in [0.29, 0.717) is 11.4 Å². The zero-order valence-electron chi connectivity index (χ0n) is 11.3. The van der Waals surface area contributed by atoms with Crippen molar-refractivity contribution in [3.63, 3.8) is 0 Å². The van der Waals surface area contributed by atoms with Gasteiger partial charge in [-0.05, 0) is 46.4 Å². The van der Waals surface area contributed by atoms with Gasteiger partial charge in [-0.25, -0.2) is 27.5 Å². The number of hydrogen-bond acceptors (Lipinski definition) is 2. The van der Waals surface area contributed by atoms with Crippen molar-refractivity contribution in [1.29, 1.82) is 0 Å². The number of halogens is 5. The molecule has 0 unspecified atom stereocenters. The van der Waals surface area contributed by atoms with Crippen LogP contribution in [0.25, 0.3) is 22.5 Å². The Hall–Kier alpha value is -2.03. The van der Waals surface area contributed by atoms with Crippen molar-refractivity contribution in [1.82, 2.24) is 9.97 Å². The van der Waals surface area contributed by atoms with Gasteiger partial charge in [0.2, 0.25) is 0 Å². The normalized spacial score (nSPS) is 10.8. The van der Waals surface area contributed by atoms with Crippen LogP contribution >= 0.6 is 22.6 Å². The molecule has 0 bridgehead atoms. The molecule has 0 N–H and O–H groups in total. The highest BCUT2D eigenvalue weighted by Crippen LogP contribution is 2.28. The molecule has 3 aromatic rings. The molecule has 7 heteroatoms. The van der Waals surface area contributed by atoms with Gasteiger partial charge in [0.1, 0.15) is 5.82 Å². The summed E-state index contributed by atoms with van der Waals surface area (Å²) in [7, 11) is 0. The molecule has 23 heavy (non-hydrogen) atoms. The molecular formula is C16H7F4IN2. The first-order chi connectivity index (χ1) is 11.0. The minimum absolute atomic E-state index is 0.0444. The van der Waals surface area contributed by atoms with E-state index in [2.05, 4.69) is 9.97 Å². The Morgan fingerprint density at radius 2 is 1.30 bits per heavy atom. The molecule has 0 aliphatic carbocycles. The van der Waals surface area contributed by atoms with Gasteiger partial charge in [0, 0.05) is 27.1 Å². The van der Waals surface area contributed by atoms with E-state index in [1.54, 1.807) is 12.4 Å². The fourth-order valence-corrected chi connectivity index (χ4v) is 2.34. The van der Waals surface area contributed by atoms with Gasteiger partial charge in [0.05, 0.1) is 0 Å². The third-order valence-corrected chi connectivity index (χ3v) is 3.70. The molecule has 2 aromatic carbocycles. The fourth-order valence-electron chi connectivity index (χ4n) is 2.06. The average Bonchev–Trinajstić information content (AvgIpc) is 2.53. The third kappa shape index (κ3) is 3.19. The van der Waals surface area contributed by atoms with E-state index in [4.69, 9.17) is 0 Å². The Morgan fingerprint density at radius 3 is 1.87 bits per heavy atom. The minimum atomic E-state index is -1.59. The van der Waals surface area contributed by atoms with Crippen molar-refractivity contribution in [2.45, 2.75) is 0 Å². The average molecular weight is 430 g/mol. The first-order valence-electron chi connectivity index (χ1n) is 6.38. The van der Waals surface area contributed by atoms with Crippen molar-refractivity contribution in [2.75, 3.05) is 0 Å². The first kappa shape index (κ1) is 15.9. The molecule has 1 heterocycles. The molecule has 2 nitrogen and oxygen atoms in total. The number of aromatic nitrogens is 2. The summed E-state index contributed by atoms with van der Waals surface area (Å²) in [4.78, 5) is 8.15. The van der Waals surface area contributed by atoms with Crippen molar-refractivity contribution in [3.05, 3.63) is 69.6 Å². The lowest BCUT2D eigenvalue weighted by atomic mass is 10.0. The summed E-state index contributed by atoms with van der Waals surface area (Å²) >= 11 is 2.04. The summed E-state index contributed by atoms with van der Waals surface area (Å²) in [6, 6.07) is 5.53. The standard InChI is InChI=1S/C16H7F4IN2/c17-12-3-8(16-22-6-10(21)7-23-16)1-2-11(12)9-4-13(18)15(20)14(19)5-9/h1-7H. The van der Waals surface area contributed by atoms with E-state index >= 15 is 0 Å². The number of benzene rings is 2. The van der Waals surface area contributed by atoms with Crippen LogP contribution in [0.2, 0.25) is 0 Å². The van der Waals surface area contributed by atoms with Gasteiger partial charge < -0.3 is 0 Å². The van der Waals surface area contributed by atoms with Crippen LogP contribution < -0.4 is 0 Å². The Kier molecular flexibility index (Phi) is 4.29. The predicted molar refractivity (Wildman–Crippen MR) is 85.5 cm³/mol. The Labute approximate surface area is 142 Å². The van der Waals surface area contributed by atoms with Gasteiger partial charge >= 0.3 is 0 Å². The highest BCUT2D eigenvalue weighted by atomic mass is 127. The Balaban J connectivity index is 2.04. The van der Waals surface area contributed by atoms with Gasteiger partial charge in [-0.2, -0.15) is 0 Å². The molecule has 0 spiro atoms. The van der Waals surface area contributed by atoms with Crippen LogP contribution in [-0.2, 0) is 0 Å². The summed E-state index contributed by atoms with van der Waals surface area (Å²) in [5.74, 6) is -4.71. The zero-order chi connectivity index (χ0) is 16.6. The second kappa shape index (κ2) is 6.23. The highest BCUT2D eigenvalue weighted by Gasteiger charge is 2.15. The van der Waals surface area contributed by atoms with Crippen molar-refractivity contribution >= 4 is 22.6 Å². The molecule has 116 valence electrons. The monoisotopic (exact) mass is 430 g/mol. The van der Waals surface area contributed by atoms with Gasteiger partial charge in [-0.3, -0.25) is 0 Å². The van der Waals surface area contributed by atoms with Crippen LogP contribution in [0.4, 0.5) is 17.6 Å². The summed E-state index contributed by atoms with van der Waals surface area (Å²) in [5, 5.41) is 0. The van der Waals surface area contributed by atoms with Crippen LogP contribution in [0.3, 0.4) is 0 Å². The molecule has 0 saturated carbocycles. The second-order valence-electron chi connectivity index (χ2n) is 4.67. The zero-order valence-corrected chi connectivity index (χ0v) is 13.5. The molecule has 0 radical (unpaired) electrons. The summed E-state index contributed by atoms with van der Waals surface area (Å²) < 4.78 is 54.6. The lowest BCUT2D eigenvalue weighted by molar-refractivity contribution is 0.447. The Morgan fingerprint density at radius 1 is 0.739 bits per heavy atom. The van der Waals surface area contributed by atoms with Crippen LogP contribution in [0.15, 0.2) is 42.7 Å².